The number of piperazine rings is 1. The van der Waals surface area contributed by atoms with Crippen molar-refractivity contribution in [2.45, 2.75) is 6.42 Å². The summed E-state index contributed by atoms with van der Waals surface area (Å²) in [4.78, 5) is 19.7. The molecule has 4 rings (SSSR count). The number of hydrogen-bond acceptors (Lipinski definition) is 5. The van der Waals surface area contributed by atoms with E-state index in [-0.39, 0.29) is 5.56 Å². The Kier molecular flexibility index (Phi) is 4.64. The highest BCUT2D eigenvalue weighted by atomic mass is 16.1. The lowest BCUT2D eigenvalue weighted by molar-refractivity contribution is 0.631. The lowest BCUT2D eigenvalue weighted by Gasteiger charge is -2.36. The van der Waals surface area contributed by atoms with Crippen LogP contribution in [0, 0.1) is 0 Å². The predicted octanol–water partition coefficient (Wildman–Crippen LogP) is 2.08. The zero-order valence-electron chi connectivity index (χ0n) is 14.5. The smallest absolute Gasteiger partial charge is 0.274 e. The molecular formula is C20H21N5O. The SMILES string of the molecule is O=c1[nH]c(N2CCN(c3ccccc3)CC2)nnc1Cc1ccccc1. The van der Waals surface area contributed by atoms with Gasteiger partial charge in [0.25, 0.3) is 5.56 Å². The fraction of sp³-hybridized carbons (Fsp3) is 0.250. The Balaban J connectivity index is 1.43. The topological polar surface area (TPSA) is 65.1 Å². The number of nitrogens with zero attached hydrogens (tertiary/aromatic N) is 4. The minimum absolute atomic E-state index is 0.163. The first-order valence-corrected chi connectivity index (χ1v) is 8.84. The highest BCUT2D eigenvalue weighted by Gasteiger charge is 2.19. The molecule has 0 spiro atoms. The van der Waals surface area contributed by atoms with E-state index in [1.165, 1.54) is 5.69 Å². The Morgan fingerprint density at radius 3 is 2.08 bits per heavy atom. The average molecular weight is 347 g/mol. The van der Waals surface area contributed by atoms with Gasteiger partial charge in [-0.1, -0.05) is 48.5 Å². The third-order valence-corrected chi connectivity index (χ3v) is 4.67. The van der Waals surface area contributed by atoms with E-state index >= 15 is 0 Å². The van der Waals surface area contributed by atoms with Gasteiger partial charge in [-0.3, -0.25) is 9.78 Å². The molecule has 0 aliphatic carbocycles. The Hall–Kier alpha value is -3.15. The van der Waals surface area contributed by atoms with Crippen molar-refractivity contribution in [3.05, 3.63) is 82.3 Å². The molecule has 2 aromatic carbocycles. The molecule has 6 heteroatoms. The minimum Gasteiger partial charge on any atom is -0.368 e. The molecule has 0 amide bonds. The van der Waals surface area contributed by atoms with Gasteiger partial charge in [0.05, 0.1) is 0 Å². The molecule has 1 N–H and O–H groups in total. The quantitative estimate of drug-likeness (QED) is 0.783. The Morgan fingerprint density at radius 1 is 0.808 bits per heavy atom. The molecule has 2 heterocycles. The Morgan fingerprint density at radius 2 is 1.42 bits per heavy atom. The maximum absolute atomic E-state index is 12.4. The lowest BCUT2D eigenvalue weighted by Crippen LogP contribution is -2.47. The van der Waals surface area contributed by atoms with E-state index in [1.54, 1.807) is 0 Å². The van der Waals surface area contributed by atoms with Gasteiger partial charge in [0.1, 0.15) is 5.69 Å². The summed E-state index contributed by atoms with van der Waals surface area (Å²) in [5, 5.41) is 8.44. The summed E-state index contributed by atoms with van der Waals surface area (Å²) in [7, 11) is 0. The zero-order valence-corrected chi connectivity index (χ0v) is 14.5. The summed E-state index contributed by atoms with van der Waals surface area (Å²) in [6.07, 6.45) is 0.491. The molecule has 0 atom stereocenters. The fourth-order valence-electron chi connectivity index (χ4n) is 3.21. The van der Waals surface area contributed by atoms with Gasteiger partial charge in [-0.25, -0.2) is 0 Å². The molecule has 0 saturated carbocycles. The van der Waals surface area contributed by atoms with E-state index in [0.29, 0.717) is 18.1 Å². The average Bonchev–Trinajstić information content (AvgIpc) is 2.71. The molecule has 6 nitrogen and oxygen atoms in total. The van der Waals surface area contributed by atoms with E-state index in [2.05, 4.69) is 49.2 Å². The molecule has 1 fully saturated rings. The van der Waals surface area contributed by atoms with Crippen LogP contribution in [0.5, 0.6) is 0 Å². The monoisotopic (exact) mass is 347 g/mol. The number of nitrogens with one attached hydrogen (secondary N) is 1. The van der Waals surface area contributed by atoms with Crippen LogP contribution in [0.3, 0.4) is 0 Å². The van der Waals surface area contributed by atoms with Gasteiger partial charge >= 0.3 is 0 Å². The second-order valence-corrected chi connectivity index (χ2v) is 6.40. The molecule has 0 unspecified atom stereocenters. The number of para-hydroxylation sites is 1. The van der Waals surface area contributed by atoms with E-state index < -0.39 is 0 Å². The summed E-state index contributed by atoms with van der Waals surface area (Å²) in [6.45, 7) is 3.38. The van der Waals surface area contributed by atoms with E-state index in [0.717, 1.165) is 31.7 Å². The van der Waals surface area contributed by atoms with Crippen LogP contribution in [0.2, 0.25) is 0 Å². The van der Waals surface area contributed by atoms with Crippen molar-refractivity contribution in [2.24, 2.45) is 0 Å². The fourth-order valence-corrected chi connectivity index (χ4v) is 3.21. The van der Waals surface area contributed by atoms with E-state index in [9.17, 15) is 4.79 Å². The largest absolute Gasteiger partial charge is 0.368 e. The van der Waals surface area contributed by atoms with Crippen molar-refractivity contribution in [1.29, 1.82) is 0 Å². The number of H-pyrrole nitrogens is 1. The number of benzene rings is 2. The number of rotatable bonds is 4. The van der Waals surface area contributed by atoms with Crippen molar-refractivity contribution in [2.75, 3.05) is 36.0 Å². The van der Waals surface area contributed by atoms with Crippen LogP contribution < -0.4 is 15.4 Å². The Labute approximate surface area is 152 Å². The van der Waals surface area contributed by atoms with Crippen molar-refractivity contribution in [3.63, 3.8) is 0 Å². The van der Waals surface area contributed by atoms with Crippen molar-refractivity contribution in [3.8, 4) is 0 Å². The highest BCUT2D eigenvalue weighted by Crippen LogP contribution is 2.17. The van der Waals surface area contributed by atoms with Crippen LogP contribution >= 0.6 is 0 Å². The van der Waals surface area contributed by atoms with Crippen LogP contribution in [-0.2, 0) is 6.42 Å². The number of aromatic nitrogens is 3. The van der Waals surface area contributed by atoms with E-state index in [1.807, 2.05) is 36.4 Å². The Bertz CT molecular complexity index is 902. The van der Waals surface area contributed by atoms with Crippen molar-refractivity contribution < 1.29 is 0 Å². The first-order valence-electron chi connectivity index (χ1n) is 8.84. The second-order valence-electron chi connectivity index (χ2n) is 6.40. The molecule has 0 bridgehead atoms. The zero-order chi connectivity index (χ0) is 17.8. The number of hydrogen-bond donors (Lipinski definition) is 1. The summed E-state index contributed by atoms with van der Waals surface area (Å²) >= 11 is 0. The van der Waals surface area contributed by atoms with Gasteiger partial charge in [0, 0.05) is 38.3 Å². The van der Waals surface area contributed by atoms with Crippen LogP contribution in [0.4, 0.5) is 11.6 Å². The first kappa shape index (κ1) is 16.3. The lowest BCUT2D eigenvalue weighted by atomic mass is 10.1. The van der Waals surface area contributed by atoms with Gasteiger partial charge in [-0.2, -0.15) is 0 Å². The first-order chi connectivity index (χ1) is 12.8. The number of anilines is 2. The van der Waals surface area contributed by atoms with Gasteiger partial charge < -0.3 is 9.80 Å². The van der Waals surface area contributed by atoms with Gasteiger partial charge in [-0.15, -0.1) is 10.2 Å². The maximum Gasteiger partial charge on any atom is 0.274 e. The summed E-state index contributed by atoms with van der Waals surface area (Å²) in [5.74, 6) is 0.555. The van der Waals surface area contributed by atoms with Crippen LogP contribution in [0.25, 0.3) is 0 Å². The van der Waals surface area contributed by atoms with Crippen LogP contribution in [-0.4, -0.2) is 41.4 Å². The standard InChI is InChI=1S/C20H21N5O/c26-19-18(15-16-7-3-1-4-8-16)22-23-20(21-19)25-13-11-24(12-14-25)17-9-5-2-6-10-17/h1-10H,11-15H2,(H,21,23,26). The third-order valence-electron chi connectivity index (χ3n) is 4.67. The molecule has 26 heavy (non-hydrogen) atoms. The highest BCUT2D eigenvalue weighted by molar-refractivity contribution is 5.48. The summed E-state index contributed by atoms with van der Waals surface area (Å²) in [6, 6.07) is 20.2. The third kappa shape index (κ3) is 3.59. The van der Waals surface area contributed by atoms with Crippen molar-refractivity contribution in [1.82, 2.24) is 15.2 Å². The molecule has 132 valence electrons. The summed E-state index contributed by atoms with van der Waals surface area (Å²) < 4.78 is 0. The maximum atomic E-state index is 12.4. The normalized spacial score (nSPS) is 14.5. The summed E-state index contributed by atoms with van der Waals surface area (Å²) in [5.41, 5.74) is 2.56. The molecule has 1 aromatic heterocycles. The molecule has 1 aliphatic heterocycles. The molecular weight excluding hydrogens is 326 g/mol. The number of aromatic amines is 1. The van der Waals surface area contributed by atoms with Gasteiger partial charge in [0.2, 0.25) is 5.95 Å². The van der Waals surface area contributed by atoms with Crippen molar-refractivity contribution >= 4 is 11.6 Å². The van der Waals surface area contributed by atoms with Crippen LogP contribution in [0.1, 0.15) is 11.3 Å². The second kappa shape index (κ2) is 7.39. The van der Waals surface area contributed by atoms with E-state index in [4.69, 9.17) is 0 Å². The predicted molar refractivity (Wildman–Crippen MR) is 103 cm³/mol. The van der Waals surface area contributed by atoms with Gasteiger partial charge in [0.15, 0.2) is 0 Å². The van der Waals surface area contributed by atoms with Gasteiger partial charge in [-0.05, 0) is 17.7 Å². The van der Waals surface area contributed by atoms with Crippen LogP contribution in [0.15, 0.2) is 65.5 Å². The molecule has 1 saturated heterocycles. The minimum atomic E-state index is -0.163. The molecule has 1 aliphatic rings. The molecule has 0 radical (unpaired) electrons. The molecule has 3 aromatic rings.